The van der Waals surface area contributed by atoms with Crippen molar-refractivity contribution in [3.63, 3.8) is 0 Å². The smallest absolute Gasteiger partial charge is 0.251 e. The number of benzene rings is 3. The lowest BCUT2D eigenvalue weighted by atomic mass is 10.0. The van der Waals surface area contributed by atoms with Crippen LogP contribution in [-0.2, 0) is 6.54 Å². The van der Waals surface area contributed by atoms with Crippen LogP contribution in [0.5, 0.6) is 0 Å². The average molecular weight is 452 g/mol. The molecule has 0 aliphatic rings. The zero-order chi connectivity index (χ0) is 22.0. The number of carbonyl (C=O) groups excluding carboxylic acids is 1. The molecule has 0 aliphatic heterocycles. The fourth-order valence-electron chi connectivity index (χ4n) is 3.68. The molecule has 158 valence electrons. The molecule has 0 spiro atoms. The molecule has 0 aliphatic carbocycles. The fraction of sp³-hybridized carbons (Fsp3) is 0.200. The van der Waals surface area contributed by atoms with Gasteiger partial charge in [-0.15, -0.1) is 0 Å². The topological polar surface area (TPSA) is 46.9 Å². The Balaban J connectivity index is 1.79. The number of imidazole rings is 1. The van der Waals surface area contributed by atoms with Crippen LogP contribution in [0.2, 0.25) is 10.0 Å². The maximum Gasteiger partial charge on any atom is 0.251 e. The summed E-state index contributed by atoms with van der Waals surface area (Å²) in [6.45, 7) is 4.60. The Morgan fingerprint density at radius 1 is 0.935 bits per heavy atom. The number of nitrogens with one attached hydrogen (secondary N) is 1. The van der Waals surface area contributed by atoms with Gasteiger partial charge in [-0.2, -0.15) is 0 Å². The van der Waals surface area contributed by atoms with Crippen molar-refractivity contribution >= 4 is 40.1 Å². The van der Waals surface area contributed by atoms with Crippen molar-refractivity contribution in [2.75, 3.05) is 0 Å². The SMILES string of the molecule is CC(C)C(NC(=O)c1ccccc1)c1nc2ccccc2n1Cc1c(Cl)cccc1Cl. The third-order valence-corrected chi connectivity index (χ3v) is 6.04. The normalized spacial score (nSPS) is 12.3. The van der Waals surface area contributed by atoms with Gasteiger partial charge >= 0.3 is 0 Å². The number of hydrogen-bond donors (Lipinski definition) is 1. The average Bonchev–Trinajstić information content (AvgIpc) is 3.13. The van der Waals surface area contributed by atoms with Crippen LogP contribution >= 0.6 is 23.2 Å². The number of hydrogen-bond acceptors (Lipinski definition) is 2. The first-order valence-corrected chi connectivity index (χ1v) is 10.9. The molecule has 31 heavy (non-hydrogen) atoms. The summed E-state index contributed by atoms with van der Waals surface area (Å²) in [7, 11) is 0. The second-order valence-corrected chi connectivity index (χ2v) is 8.62. The number of aromatic nitrogens is 2. The summed E-state index contributed by atoms with van der Waals surface area (Å²) in [5.74, 6) is 0.759. The Morgan fingerprint density at radius 3 is 2.26 bits per heavy atom. The highest BCUT2D eigenvalue weighted by Crippen LogP contribution is 2.31. The number of carbonyl (C=O) groups is 1. The van der Waals surface area contributed by atoms with Crippen molar-refractivity contribution in [2.24, 2.45) is 5.92 Å². The first-order chi connectivity index (χ1) is 15.0. The monoisotopic (exact) mass is 451 g/mol. The molecule has 3 aromatic carbocycles. The first kappa shape index (κ1) is 21.4. The molecular weight excluding hydrogens is 429 g/mol. The van der Waals surface area contributed by atoms with Crippen molar-refractivity contribution in [1.82, 2.24) is 14.9 Å². The zero-order valence-electron chi connectivity index (χ0n) is 17.3. The minimum atomic E-state index is -0.290. The van der Waals surface area contributed by atoms with Gasteiger partial charge in [0.2, 0.25) is 0 Å². The Hall–Kier alpha value is -2.82. The van der Waals surface area contributed by atoms with Crippen LogP contribution in [0.25, 0.3) is 11.0 Å². The van der Waals surface area contributed by atoms with Crippen molar-refractivity contribution < 1.29 is 4.79 Å². The molecule has 6 heteroatoms. The van der Waals surface area contributed by atoms with Crippen LogP contribution in [0.4, 0.5) is 0 Å². The van der Waals surface area contributed by atoms with Gasteiger partial charge in [-0.05, 0) is 42.3 Å². The highest BCUT2D eigenvalue weighted by molar-refractivity contribution is 6.36. The number of halogens is 2. The van der Waals surface area contributed by atoms with Crippen LogP contribution in [0.15, 0.2) is 72.8 Å². The molecule has 1 N–H and O–H groups in total. The Morgan fingerprint density at radius 2 is 1.58 bits per heavy atom. The lowest BCUT2D eigenvalue weighted by Crippen LogP contribution is -2.33. The molecule has 1 heterocycles. The summed E-state index contributed by atoms with van der Waals surface area (Å²) in [5.41, 5.74) is 3.27. The van der Waals surface area contributed by atoms with Crippen LogP contribution in [0.3, 0.4) is 0 Å². The third kappa shape index (κ3) is 4.46. The standard InChI is InChI=1S/C25H23Cl2N3O/c1-16(2)23(29-25(31)17-9-4-3-5-10-17)24-28-21-13-6-7-14-22(21)30(24)15-18-19(26)11-8-12-20(18)27/h3-14,16,23H,15H2,1-2H3,(H,29,31). The van der Waals surface area contributed by atoms with Gasteiger partial charge in [0.15, 0.2) is 0 Å². The molecule has 0 radical (unpaired) electrons. The maximum atomic E-state index is 12.9. The Kier molecular flexibility index (Phi) is 6.30. The van der Waals surface area contributed by atoms with Gasteiger partial charge in [-0.3, -0.25) is 4.79 Å². The van der Waals surface area contributed by atoms with Gasteiger partial charge in [-0.1, -0.05) is 73.4 Å². The van der Waals surface area contributed by atoms with Crippen LogP contribution in [0, 0.1) is 5.92 Å². The quantitative estimate of drug-likeness (QED) is 0.362. The summed E-state index contributed by atoms with van der Waals surface area (Å²) in [4.78, 5) is 17.8. The fourth-order valence-corrected chi connectivity index (χ4v) is 4.20. The molecule has 1 atom stereocenters. The molecule has 4 rings (SSSR count). The Bertz CT molecular complexity index is 1200. The van der Waals surface area contributed by atoms with Gasteiger partial charge in [-0.25, -0.2) is 4.98 Å². The van der Waals surface area contributed by atoms with Gasteiger partial charge in [0.1, 0.15) is 5.82 Å². The summed E-state index contributed by atoms with van der Waals surface area (Å²) in [5, 5.41) is 4.38. The predicted octanol–water partition coefficient (Wildman–Crippen LogP) is 6.52. The molecule has 1 aromatic heterocycles. The number of rotatable bonds is 6. The van der Waals surface area contributed by atoms with Crippen molar-refractivity contribution in [2.45, 2.75) is 26.4 Å². The first-order valence-electron chi connectivity index (χ1n) is 10.2. The molecule has 0 saturated carbocycles. The van der Waals surface area contributed by atoms with E-state index in [2.05, 4.69) is 23.7 Å². The van der Waals surface area contributed by atoms with Crippen molar-refractivity contribution in [3.05, 3.63) is 99.8 Å². The minimum Gasteiger partial charge on any atom is -0.342 e. The second-order valence-electron chi connectivity index (χ2n) is 7.81. The van der Waals surface area contributed by atoms with Crippen LogP contribution < -0.4 is 5.32 Å². The highest BCUT2D eigenvalue weighted by Gasteiger charge is 2.26. The molecular formula is C25H23Cl2N3O. The molecule has 0 fully saturated rings. The van der Waals surface area contributed by atoms with E-state index in [0.29, 0.717) is 22.2 Å². The molecule has 4 aromatic rings. The van der Waals surface area contributed by atoms with E-state index < -0.39 is 0 Å². The molecule has 4 nitrogen and oxygen atoms in total. The lowest BCUT2D eigenvalue weighted by molar-refractivity contribution is 0.0922. The van der Waals surface area contributed by atoms with Crippen molar-refractivity contribution in [1.29, 1.82) is 0 Å². The van der Waals surface area contributed by atoms with E-state index >= 15 is 0 Å². The van der Waals surface area contributed by atoms with E-state index in [4.69, 9.17) is 28.2 Å². The van der Waals surface area contributed by atoms with E-state index in [0.717, 1.165) is 22.4 Å². The second kappa shape index (κ2) is 9.13. The van der Waals surface area contributed by atoms with Crippen molar-refractivity contribution in [3.8, 4) is 0 Å². The summed E-state index contributed by atoms with van der Waals surface area (Å²) in [6, 6.07) is 22.3. The highest BCUT2D eigenvalue weighted by atomic mass is 35.5. The minimum absolute atomic E-state index is 0.116. The summed E-state index contributed by atoms with van der Waals surface area (Å²) < 4.78 is 2.10. The molecule has 1 unspecified atom stereocenters. The molecule has 1 amide bonds. The molecule has 0 saturated heterocycles. The summed E-state index contributed by atoms with van der Waals surface area (Å²) in [6.07, 6.45) is 0. The van der Waals surface area contributed by atoms with E-state index in [9.17, 15) is 4.79 Å². The number of para-hydroxylation sites is 2. The largest absolute Gasteiger partial charge is 0.342 e. The predicted molar refractivity (Wildman–Crippen MR) is 127 cm³/mol. The van der Waals surface area contributed by atoms with Gasteiger partial charge in [0.25, 0.3) is 5.91 Å². The number of amides is 1. The van der Waals surface area contributed by atoms with Gasteiger partial charge in [0.05, 0.1) is 23.6 Å². The third-order valence-electron chi connectivity index (χ3n) is 5.33. The van der Waals surface area contributed by atoms with E-state index in [-0.39, 0.29) is 17.9 Å². The van der Waals surface area contributed by atoms with E-state index in [1.807, 2.05) is 60.7 Å². The lowest BCUT2D eigenvalue weighted by Gasteiger charge is -2.24. The van der Waals surface area contributed by atoms with Gasteiger partial charge < -0.3 is 9.88 Å². The number of fused-ring (bicyclic) bond motifs is 1. The zero-order valence-corrected chi connectivity index (χ0v) is 18.9. The van der Waals surface area contributed by atoms with Crippen LogP contribution in [0.1, 0.15) is 41.6 Å². The summed E-state index contributed by atoms with van der Waals surface area (Å²) >= 11 is 12.9. The maximum absolute atomic E-state index is 12.9. The van der Waals surface area contributed by atoms with E-state index in [1.54, 1.807) is 12.1 Å². The number of nitrogens with zero attached hydrogens (tertiary/aromatic N) is 2. The van der Waals surface area contributed by atoms with Crippen LogP contribution in [-0.4, -0.2) is 15.5 Å². The molecule has 0 bridgehead atoms. The van der Waals surface area contributed by atoms with Gasteiger partial charge in [0, 0.05) is 21.2 Å². The van der Waals surface area contributed by atoms with E-state index in [1.165, 1.54) is 0 Å². The Labute approximate surface area is 191 Å².